The molecule has 3 heteroatoms. The fraction of sp³-hybridized carbons (Fsp3) is 0.438. The molecular formula is C16H23N3. The molecule has 0 radical (unpaired) electrons. The van der Waals surface area contributed by atoms with Gasteiger partial charge in [-0.2, -0.15) is 5.10 Å². The summed E-state index contributed by atoms with van der Waals surface area (Å²) < 4.78 is 1.99. The molecule has 0 atom stereocenters. The van der Waals surface area contributed by atoms with Gasteiger partial charge in [0.25, 0.3) is 0 Å². The molecule has 0 saturated carbocycles. The Morgan fingerprint density at radius 2 is 2.00 bits per heavy atom. The van der Waals surface area contributed by atoms with Crippen molar-refractivity contribution in [2.75, 3.05) is 0 Å². The van der Waals surface area contributed by atoms with E-state index in [-0.39, 0.29) is 5.54 Å². The van der Waals surface area contributed by atoms with Crippen LogP contribution in [0, 0.1) is 6.92 Å². The molecular weight excluding hydrogens is 234 g/mol. The Bertz CT molecular complexity index is 535. The van der Waals surface area contributed by atoms with E-state index in [1.165, 1.54) is 11.1 Å². The van der Waals surface area contributed by atoms with Crippen molar-refractivity contribution in [3.05, 3.63) is 53.3 Å². The van der Waals surface area contributed by atoms with E-state index in [0.29, 0.717) is 0 Å². The Morgan fingerprint density at radius 1 is 1.21 bits per heavy atom. The summed E-state index contributed by atoms with van der Waals surface area (Å²) in [5.74, 6) is 0. The summed E-state index contributed by atoms with van der Waals surface area (Å²) >= 11 is 0. The average molecular weight is 257 g/mol. The van der Waals surface area contributed by atoms with Gasteiger partial charge in [-0.25, -0.2) is 0 Å². The zero-order valence-electron chi connectivity index (χ0n) is 12.3. The first-order valence-electron chi connectivity index (χ1n) is 6.75. The third-order valence-electron chi connectivity index (χ3n) is 2.92. The van der Waals surface area contributed by atoms with Crippen LogP contribution in [0.15, 0.2) is 36.5 Å². The Kier molecular flexibility index (Phi) is 4.05. The van der Waals surface area contributed by atoms with Crippen molar-refractivity contribution in [3.8, 4) is 0 Å². The van der Waals surface area contributed by atoms with Crippen LogP contribution in [0.1, 0.15) is 37.6 Å². The summed E-state index contributed by atoms with van der Waals surface area (Å²) in [7, 11) is 0. The van der Waals surface area contributed by atoms with Crippen molar-refractivity contribution < 1.29 is 0 Å². The van der Waals surface area contributed by atoms with Crippen LogP contribution in [0.3, 0.4) is 0 Å². The maximum atomic E-state index is 4.59. The lowest BCUT2D eigenvalue weighted by atomic mass is 10.1. The Morgan fingerprint density at radius 3 is 2.68 bits per heavy atom. The van der Waals surface area contributed by atoms with Crippen molar-refractivity contribution >= 4 is 0 Å². The van der Waals surface area contributed by atoms with Crippen molar-refractivity contribution in [3.63, 3.8) is 0 Å². The van der Waals surface area contributed by atoms with E-state index in [1.807, 2.05) is 10.9 Å². The number of aryl methyl sites for hydroxylation is 1. The van der Waals surface area contributed by atoms with E-state index in [0.717, 1.165) is 18.8 Å². The topological polar surface area (TPSA) is 29.9 Å². The maximum absolute atomic E-state index is 4.59. The summed E-state index contributed by atoms with van der Waals surface area (Å²) in [5.41, 5.74) is 3.79. The van der Waals surface area contributed by atoms with E-state index >= 15 is 0 Å². The quantitative estimate of drug-likeness (QED) is 0.912. The highest BCUT2D eigenvalue weighted by molar-refractivity contribution is 5.22. The van der Waals surface area contributed by atoms with Crippen molar-refractivity contribution in [1.29, 1.82) is 0 Å². The third kappa shape index (κ3) is 4.52. The highest BCUT2D eigenvalue weighted by Gasteiger charge is 2.09. The van der Waals surface area contributed by atoms with Crippen molar-refractivity contribution in [2.24, 2.45) is 0 Å². The van der Waals surface area contributed by atoms with Crippen LogP contribution in [-0.2, 0) is 13.1 Å². The molecule has 0 saturated heterocycles. The highest BCUT2D eigenvalue weighted by Crippen LogP contribution is 2.07. The largest absolute Gasteiger partial charge is 0.306 e. The van der Waals surface area contributed by atoms with Crippen LogP contribution < -0.4 is 5.32 Å². The summed E-state index contributed by atoms with van der Waals surface area (Å²) in [5, 5.41) is 8.04. The van der Waals surface area contributed by atoms with Gasteiger partial charge in [0.15, 0.2) is 0 Å². The minimum Gasteiger partial charge on any atom is -0.306 e. The molecule has 1 N–H and O–H groups in total. The SMILES string of the molecule is Cc1cccc(Cn2ccc(CNC(C)(C)C)n2)c1. The fourth-order valence-electron chi connectivity index (χ4n) is 1.94. The maximum Gasteiger partial charge on any atom is 0.0762 e. The minimum absolute atomic E-state index is 0.125. The number of nitrogens with one attached hydrogen (secondary N) is 1. The molecule has 0 fully saturated rings. The molecule has 19 heavy (non-hydrogen) atoms. The number of nitrogens with zero attached hydrogens (tertiary/aromatic N) is 2. The van der Waals surface area contributed by atoms with Crippen LogP contribution in [0.4, 0.5) is 0 Å². The molecule has 102 valence electrons. The van der Waals surface area contributed by atoms with Gasteiger partial charge in [0.05, 0.1) is 12.2 Å². The molecule has 0 aliphatic rings. The molecule has 0 amide bonds. The van der Waals surface area contributed by atoms with Crippen molar-refractivity contribution in [2.45, 2.75) is 46.3 Å². The van der Waals surface area contributed by atoms with Gasteiger partial charge in [-0.1, -0.05) is 29.8 Å². The first-order chi connectivity index (χ1) is 8.92. The Labute approximate surface area is 115 Å². The first-order valence-corrected chi connectivity index (χ1v) is 6.75. The molecule has 0 aliphatic carbocycles. The normalized spacial score (nSPS) is 11.8. The molecule has 2 aromatic rings. The zero-order valence-corrected chi connectivity index (χ0v) is 12.3. The van der Waals surface area contributed by atoms with E-state index in [2.05, 4.69) is 68.4 Å². The van der Waals surface area contributed by atoms with Crippen LogP contribution in [0.25, 0.3) is 0 Å². The lowest BCUT2D eigenvalue weighted by Gasteiger charge is -2.19. The molecule has 3 nitrogen and oxygen atoms in total. The second-order valence-corrected chi connectivity index (χ2v) is 6.10. The van der Waals surface area contributed by atoms with Gasteiger partial charge in [0.1, 0.15) is 0 Å². The molecule has 1 aromatic carbocycles. The summed E-state index contributed by atoms with van der Waals surface area (Å²) in [6, 6.07) is 10.6. The van der Waals surface area contributed by atoms with E-state index in [1.54, 1.807) is 0 Å². The zero-order chi connectivity index (χ0) is 13.9. The number of hydrogen-bond donors (Lipinski definition) is 1. The van der Waals surface area contributed by atoms with E-state index in [9.17, 15) is 0 Å². The highest BCUT2D eigenvalue weighted by atomic mass is 15.3. The van der Waals surface area contributed by atoms with E-state index in [4.69, 9.17) is 0 Å². The van der Waals surface area contributed by atoms with Crippen molar-refractivity contribution in [1.82, 2.24) is 15.1 Å². The fourth-order valence-corrected chi connectivity index (χ4v) is 1.94. The molecule has 1 aromatic heterocycles. The average Bonchev–Trinajstić information content (AvgIpc) is 2.73. The van der Waals surface area contributed by atoms with Gasteiger partial charge in [-0.15, -0.1) is 0 Å². The number of hydrogen-bond acceptors (Lipinski definition) is 2. The molecule has 1 heterocycles. The molecule has 2 rings (SSSR count). The van der Waals surface area contributed by atoms with Gasteiger partial charge in [-0.3, -0.25) is 4.68 Å². The van der Waals surface area contributed by atoms with Crippen LogP contribution in [0.5, 0.6) is 0 Å². The van der Waals surface area contributed by atoms with Gasteiger partial charge in [-0.05, 0) is 39.3 Å². The van der Waals surface area contributed by atoms with Crippen LogP contribution >= 0.6 is 0 Å². The number of rotatable bonds is 4. The number of benzene rings is 1. The van der Waals surface area contributed by atoms with Crippen LogP contribution in [-0.4, -0.2) is 15.3 Å². The molecule has 0 aliphatic heterocycles. The smallest absolute Gasteiger partial charge is 0.0762 e. The van der Waals surface area contributed by atoms with Crippen LogP contribution in [0.2, 0.25) is 0 Å². The van der Waals surface area contributed by atoms with Gasteiger partial charge >= 0.3 is 0 Å². The van der Waals surface area contributed by atoms with Gasteiger partial charge in [0.2, 0.25) is 0 Å². The Balaban J connectivity index is 1.97. The Hall–Kier alpha value is -1.61. The minimum atomic E-state index is 0.125. The molecule has 0 bridgehead atoms. The summed E-state index contributed by atoms with van der Waals surface area (Å²) in [6.45, 7) is 10.2. The second kappa shape index (κ2) is 5.57. The predicted octanol–water partition coefficient (Wildman–Crippen LogP) is 3.13. The molecule has 0 unspecified atom stereocenters. The predicted molar refractivity (Wildman–Crippen MR) is 79.1 cm³/mol. The third-order valence-corrected chi connectivity index (χ3v) is 2.92. The lowest BCUT2D eigenvalue weighted by Crippen LogP contribution is -2.35. The summed E-state index contributed by atoms with van der Waals surface area (Å²) in [6.07, 6.45) is 2.04. The molecule has 0 spiro atoms. The number of aromatic nitrogens is 2. The van der Waals surface area contributed by atoms with E-state index < -0.39 is 0 Å². The van der Waals surface area contributed by atoms with Gasteiger partial charge in [0, 0.05) is 18.3 Å². The lowest BCUT2D eigenvalue weighted by molar-refractivity contribution is 0.419. The monoisotopic (exact) mass is 257 g/mol. The standard InChI is InChI=1S/C16H23N3/c1-13-6-5-7-14(10-13)12-19-9-8-15(18-19)11-17-16(2,3)4/h5-10,17H,11-12H2,1-4H3. The van der Waals surface area contributed by atoms with Gasteiger partial charge < -0.3 is 5.32 Å². The second-order valence-electron chi connectivity index (χ2n) is 6.10. The summed E-state index contributed by atoms with van der Waals surface area (Å²) in [4.78, 5) is 0. The first kappa shape index (κ1) is 13.8.